The van der Waals surface area contributed by atoms with Crippen molar-refractivity contribution >= 4 is 51.8 Å². The van der Waals surface area contributed by atoms with Crippen LogP contribution < -0.4 is 10.2 Å². The first kappa shape index (κ1) is 20.8. The van der Waals surface area contributed by atoms with Gasteiger partial charge in [-0.05, 0) is 54.3 Å². The molecule has 0 fully saturated rings. The zero-order chi connectivity index (χ0) is 22.2. The predicted octanol–water partition coefficient (Wildman–Crippen LogP) is 6.81. The van der Waals surface area contributed by atoms with Crippen LogP contribution in [0.5, 0.6) is 0 Å². The van der Waals surface area contributed by atoms with Gasteiger partial charge in [0, 0.05) is 15.7 Å². The maximum absolute atomic E-state index is 13.2. The van der Waals surface area contributed by atoms with Crippen LogP contribution in [0.15, 0.2) is 76.3 Å². The maximum atomic E-state index is 13.2. The lowest BCUT2D eigenvalue weighted by molar-refractivity contribution is 0.244. The molecule has 0 spiro atoms. The van der Waals surface area contributed by atoms with E-state index in [1.807, 2.05) is 42.6 Å². The number of aromatic nitrogens is 2. The Hall–Kier alpha value is -3.13. The molecule has 3 heterocycles. The van der Waals surface area contributed by atoms with Crippen LogP contribution in [0.25, 0.3) is 16.3 Å². The topological polar surface area (TPSA) is 71.3 Å². The lowest BCUT2D eigenvalue weighted by Crippen LogP contribution is -2.46. The number of hydrogen-bond donors (Lipinski definition) is 1. The van der Waals surface area contributed by atoms with E-state index in [4.69, 9.17) is 27.7 Å². The quantitative estimate of drug-likeness (QED) is 0.346. The van der Waals surface area contributed by atoms with E-state index in [-0.39, 0.29) is 6.03 Å². The van der Waals surface area contributed by atoms with E-state index < -0.39 is 6.04 Å². The van der Waals surface area contributed by atoms with E-state index in [1.54, 1.807) is 35.2 Å². The lowest BCUT2D eigenvalue weighted by Gasteiger charge is -2.35. The smallest absolute Gasteiger partial charge is 0.326 e. The number of carbonyl (C=O) groups is 1. The minimum Gasteiger partial charge on any atom is -0.334 e. The van der Waals surface area contributed by atoms with Gasteiger partial charge < -0.3 is 9.84 Å². The molecule has 0 bridgehead atoms. The van der Waals surface area contributed by atoms with Crippen molar-refractivity contribution in [1.29, 1.82) is 0 Å². The first-order valence-corrected chi connectivity index (χ1v) is 11.3. The number of thiophene rings is 1. The number of anilines is 1. The molecule has 0 aliphatic carbocycles. The molecule has 1 atom stereocenters. The monoisotopic (exact) mass is 482 g/mol. The molecule has 6 nitrogen and oxygen atoms in total. The third-order valence-electron chi connectivity index (χ3n) is 5.15. The highest BCUT2D eigenvalue weighted by molar-refractivity contribution is 7.13. The van der Waals surface area contributed by atoms with E-state index >= 15 is 0 Å². The van der Waals surface area contributed by atoms with E-state index in [0.29, 0.717) is 38.7 Å². The van der Waals surface area contributed by atoms with Gasteiger partial charge in [-0.15, -0.1) is 11.3 Å². The third kappa shape index (κ3) is 3.79. The van der Waals surface area contributed by atoms with Gasteiger partial charge in [-0.1, -0.05) is 52.6 Å². The molecule has 0 saturated carbocycles. The molecule has 2 aromatic heterocycles. The van der Waals surface area contributed by atoms with Crippen LogP contribution in [0.2, 0.25) is 10.0 Å². The number of hydrogen-bond acceptors (Lipinski definition) is 5. The van der Waals surface area contributed by atoms with Gasteiger partial charge in [0.15, 0.2) is 0 Å². The number of halogens is 2. The molecule has 0 saturated heterocycles. The highest BCUT2D eigenvalue weighted by atomic mass is 35.5. The second-order valence-corrected chi connectivity index (χ2v) is 8.97. The summed E-state index contributed by atoms with van der Waals surface area (Å²) in [5.41, 5.74) is 2.84. The highest BCUT2D eigenvalue weighted by Gasteiger charge is 2.36. The summed E-state index contributed by atoms with van der Waals surface area (Å²) in [6, 6.07) is 17.5. The number of urea groups is 1. The maximum Gasteiger partial charge on any atom is 0.326 e. The van der Waals surface area contributed by atoms with Gasteiger partial charge in [0.25, 0.3) is 5.89 Å². The van der Waals surface area contributed by atoms with Crippen LogP contribution >= 0.6 is 34.5 Å². The van der Waals surface area contributed by atoms with E-state index in [1.165, 1.54) is 11.3 Å². The molecule has 4 aromatic rings. The van der Waals surface area contributed by atoms with Crippen LogP contribution in [0.3, 0.4) is 0 Å². The van der Waals surface area contributed by atoms with Crippen molar-refractivity contribution in [2.45, 2.75) is 13.0 Å². The zero-order valence-corrected chi connectivity index (χ0v) is 19.1. The van der Waals surface area contributed by atoms with Crippen LogP contribution in [0.1, 0.15) is 24.4 Å². The fourth-order valence-electron chi connectivity index (χ4n) is 3.69. The Labute approximate surface area is 198 Å². The van der Waals surface area contributed by atoms with Gasteiger partial charge in [0.1, 0.15) is 0 Å². The van der Waals surface area contributed by atoms with Crippen molar-refractivity contribution in [2.24, 2.45) is 0 Å². The van der Waals surface area contributed by atoms with Gasteiger partial charge in [-0.3, -0.25) is 4.90 Å². The van der Waals surface area contributed by atoms with Crippen LogP contribution in [-0.4, -0.2) is 16.2 Å². The zero-order valence-electron chi connectivity index (χ0n) is 16.8. The molecule has 1 aliphatic heterocycles. The van der Waals surface area contributed by atoms with E-state index in [0.717, 1.165) is 10.4 Å². The molecular formula is C23H16Cl2N4O2S. The summed E-state index contributed by atoms with van der Waals surface area (Å²) in [6.45, 7) is 1.85. The van der Waals surface area contributed by atoms with Crippen molar-refractivity contribution in [3.63, 3.8) is 0 Å². The number of benzene rings is 2. The average molecular weight is 483 g/mol. The Morgan fingerprint density at radius 2 is 1.88 bits per heavy atom. The number of rotatable bonds is 4. The molecule has 1 unspecified atom stereocenters. The van der Waals surface area contributed by atoms with Crippen molar-refractivity contribution < 1.29 is 9.32 Å². The number of carbonyl (C=O) groups excluding carboxylic acids is 1. The molecule has 9 heteroatoms. The standard InChI is InChI=1S/C23H16Cl2N4O2S/c1-13-19(22-27-21(28-31-22)18-6-3-11-32-18)20(14-7-9-15(24)10-8-14)26-23(30)29(13)17-5-2-4-16(25)12-17/h2-12,20H,1H3,(H,26,30). The Morgan fingerprint density at radius 3 is 2.59 bits per heavy atom. The largest absolute Gasteiger partial charge is 0.334 e. The highest BCUT2D eigenvalue weighted by Crippen LogP contribution is 2.39. The van der Waals surface area contributed by atoms with E-state index in [9.17, 15) is 4.79 Å². The molecule has 2 aromatic carbocycles. The minimum atomic E-state index is -0.494. The van der Waals surface area contributed by atoms with Gasteiger partial charge in [-0.25, -0.2) is 4.79 Å². The number of allylic oxidation sites excluding steroid dienone is 1. The number of amides is 2. The second kappa shape index (κ2) is 8.43. The lowest BCUT2D eigenvalue weighted by atomic mass is 9.94. The molecular weight excluding hydrogens is 467 g/mol. The fourth-order valence-corrected chi connectivity index (χ4v) is 4.65. The molecule has 32 heavy (non-hydrogen) atoms. The van der Waals surface area contributed by atoms with Crippen molar-refractivity contribution in [3.8, 4) is 10.7 Å². The summed E-state index contributed by atoms with van der Waals surface area (Å²) in [4.78, 5) is 20.3. The minimum absolute atomic E-state index is 0.286. The molecule has 5 rings (SSSR count). The Kier molecular flexibility index (Phi) is 5.46. The second-order valence-electron chi connectivity index (χ2n) is 7.15. The summed E-state index contributed by atoms with van der Waals surface area (Å²) < 4.78 is 5.67. The Bertz CT molecular complexity index is 1320. The number of nitrogens with zero attached hydrogens (tertiary/aromatic N) is 3. The van der Waals surface area contributed by atoms with Gasteiger partial charge in [0.2, 0.25) is 5.82 Å². The molecule has 160 valence electrons. The molecule has 1 N–H and O–H groups in total. The summed E-state index contributed by atoms with van der Waals surface area (Å²) in [7, 11) is 0. The van der Waals surface area contributed by atoms with Crippen LogP contribution in [0, 0.1) is 0 Å². The van der Waals surface area contributed by atoms with Crippen molar-refractivity contribution in [3.05, 3.63) is 93.2 Å². The molecule has 1 aliphatic rings. The first-order chi connectivity index (χ1) is 15.5. The Balaban J connectivity index is 1.67. The van der Waals surface area contributed by atoms with Crippen molar-refractivity contribution in [2.75, 3.05) is 4.90 Å². The SMILES string of the molecule is CC1=C(c2nc(-c3cccs3)no2)C(c2ccc(Cl)cc2)NC(=O)N1c1cccc(Cl)c1. The third-order valence-corrected chi connectivity index (χ3v) is 6.51. The van der Waals surface area contributed by atoms with Gasteiger partial charge in [0.05, 0.1) is 22.2 Å². The van der Waals surface area contributed by atoms with Gasteiger partial charge in [-0.2, -0.15) is 4.98 Å². The molecule has 2 amide bonds. The van der Waals surface area contributed by atoms with Crippen molar-refractivity contribution in [1.82, 2.24) is 15.5 Å². The van der Waals surface area contributed by atoms with E-state index in [2.05, 4.69) is 15.5 Å². The van der Waals surface area contributed by atoms with Crippen LogP contribution in [-0.2, 0) is 0 Å². The first-order valence-electron chi connectivity index (χ1n) is 9.71. The summed E-state index contributed by atoms with van der Waals surface area (Å²) in [5, 5.41) is 10.3. The summed E-state index contributed by atoms with van der Waals surface area (Å²) in [5.74, 6) is 0.828. The number of nitrogens with one attached hydrogen (secondary N) is 1. The predicted molar refractivity (Wildman–Crippen MR) is 127 cm³/mol. The van der Waals surface area contributed by atoms with Crippen LogP contribution in [0.4, 0.5) is 10.5 Å². The Morgan fingerprint density at radius 1 is 1.06 bits per heavy atom. The average Bonchev–Trinajstić information content (AvgIpc) is 3.46. The normalized spacial score (nSPS) is 16.4. The fraction of sp³-hybridized carbons (Fsp3) is 0.0870. The molecule has 0 radical (unpaired) electrons. The summed E-state index contributed by atoms with van der Waals surface area (Å²) >= 11 is 13.8. The summed E-state index contributed by atoms with van der Waals surface area (Å²) in [6.07, 6.45) is 0. The van der Waals surface area contributed by atoms with Gasteiger partial charge >= 0.3 is 6.03 Å².